The molecular formula is C17H19NO3. The van der Waals surface area contributed by atoms with Gasteiger partial charge >= 0.3 is 5.97 Å². The van der Waals surface area contributed by atoms with Gasteiger partial charge in [-0.15, -0.1) is 0 Å². The third-order valence-corrected chi connectivity index (χ3v) is 3.35. The Balaban J connectivity index is 2.14. The summed E-state index contributed by atoms with van der Waals surface area (Å²) < 4.78 is 5.70. The van der Waals surface area contributed by atoms with Crippen molar-refractivity contribution in [3.05, 3.63) is 58.9 Å². The number of aromatic nitrogens is 1. The predicted octanol–water partition coefficient (Wildman–Crippen LogP) is 3.79. The molecule has 0 aliphatic heterocycles. The monoisotopic (exact) mass is 285 g/mol. The van der Waals surface area contributed by atoms with E-state index < -0.39 is 5.97 Å². The number of pyridine rings is 1. The summed E-state index contributed by atoms with van der Waals surface area (Å²) in [5.41, 5.74) is 3.06. The van der Waals surface area contributed by atoms with Gasteiger partial charge in [-0.25, -0.2) is 9.78 Å². The fourth-order valence-corrected chi connectivity index (χ4v) is 2.29. The lowest BCUT2D eigenvalue weighted by Gasteiger charge is -2.13. The minimum atomic E-state index is -1.04. The van der Waals surface area contributed by atoms with Crippen LogP contribution < -0.4 is 4.74 Å². The van der Waals surface area contributed by atoms with Gasteiger partial charge in [-0.3, -0.25) is 0 Å². The topological polar surface area (TPSA) is 59.4 Å². The molecule has 2 rings (SSSR count). The van der Waals surface area contributed by atoms with Crippen molar-refractivity contribution in [2.24, 2.45) is 0 Å². The van der Waals surface area contributed by atoms with Gasteiger partial charge in [-0.05, 0) is 42.2 Å². The van der Waals surface area contributed by atoms with Crippen molar-refractivity contribution in [1.82, 2.24) is 4.98 Å². The lowest BCUT2D eigenvalue weighted by molar-refractivity contribution is 0.0687. The number of carboxylic acids is 1. The molecule has 4 heteroatoms. The molecule has 110 valence electrons. The van der Waals surface area contributed by atoms with Gasteiger partial charge < -0.3 is 9.84 Å². The molecule has 0 radical (unpaired) electrons. The molecule has 0 aliphatic carbocycles. The van der Waals surface area contributed by atoms with Crippen LogP contribution in [0, 0.1) is 6.92 Å². The quantitative estimate of drug-likeness (QED) is 0.908. The maximum absolute atomic E-state index is 11.1. The summed E-state index contributed by atoms with van der Waals surface area (Å²) in [6, 6.07) is 9.37. The first-order valence-corrected chi connectivity index (χ1v) is 6.89. The molecule has 0 saturated heterocycles. The number of rotatable bonds is 5. The highest BCUT2D eigenvalue weighted by Gasteiger charge is 2.11. The average Bonchev–Trinajstić information content (AvgIpc) is 2.45. The molecule has 4 nitrogen and oxygen atoms in total. The standard InChI is InChI=1S/C17H19NO3/c1-11(2)15-7-6-14(9-12(15)3)21-10-13-5-4-8-18-16(13)17(19)20/h4-9,11H,10H2,1-3H3,(H,19,20). The Morgan fingerprint density at radius 1 is 1.33 bits per heavy atom. The summed E-state index contributed by atoms with van der Waals surface area (Å²) in [7, 11) is 0. The lowest BCUT2D eigenvalue weighted by atomic mass is 9.98. The van der Waals surface area contributed by atoms with Crippen LogP contribution in [0.5, 0.6) is 5.75 Å². The van der Waals surface area contributed by atoms with E-state index in [-0.39, 0.29) is 12.3 Å². The van der Waals surface area contributed by atoms with Gasteiger partial charge in [0.15, 0.2) is 5.69 Å². The Bertz CT molecular complexity index is 650. The SMILES string of the molecule is Cc1cc(OCc2cccnc2C(=O)O)ccc1C(C)C. The van der Waals surface area contributed by atoms with Crippen molar-refractivity contribution in [2.75, 3.05) is 0 Å². The van der Waals surface area contributed by atoms with Gasteiger partial charge in [0.1, 0.15) is 12.4 Å². The number of benzene rings is 1. The second kappa shape index (κ2) is 6.39. The summed E-state index contributed by atoms with van der Waals surface area (Å²) in [4.78, 5) is 15.0. The number of hydrogen-bond acceptors (Lipinski definition) is 3. The molecule has 1 aromatic heterocycles. The number of aromatic carboxylic acids is 1. The zero-order valence-electron chi connectivity index (χ0n) is 12.5. The molecular weight excluding hydrogens is 266 g/mol. The smallest absolute Gasteiger partial charge is 0.354 e. The van der Waals surface area contributed by atoms with Gasteiger partial charge in [0.25, 0.3) is 0 Å². The highest BCUT2D eigenvalue weighted by molar-refractivity contribution is 5.86. The van der Waals surface area contributed by atoms with E-state index in [1.165, 1.54) is 17.3 Å². The van der Waals surface area contributed by atoms with Gasteiger partial charge in [0, 0.05) is 11.8 Å². The van der Waals surface area contributed by atoms with Crippen LogP contribution in [-0.2, 0) is 6.61 Å². The summed E-state index contributed by atoms with van der Waals surface area (Å²) in [6.07, 6.45) is 1.47. The van der Waals surface area contributed by atoms with Crippen molar-refractivity contribution >= 4 is 5.97 Å². The number of ether oxygens (including phenoxy) is 1. The van der Waals surface area contributed by atoms with E-state index in [1.54, 1.807) is 12.1 Å². The first-order chi connectivity index (χ1) is 9.99. The Morgan fingerprint density at radius 3 is 2.71 bits per heavy atom. The highest BCUT2D eigenvalue weighted by atomic mass is 16.5. The lowest BCUT2D eigenvalue weighted by Crippen LogP contribution is -2.08. The van der Waals surface area contributed by atoms with Gasteiger partial charge in [0.2, 0.25) is 0 Å². The first kappa shape index (κ1) is 15.0. The maximum atomic E-state index is 11.1. The Kier molecular flexibility index (Phi) is 4.58. The van der Waals surface area contributed by atoms with E-state index in [0.717, 1.165) is 5.75 Å². The molecule has 0 unspecified atom stereocenters. The van der Waals surface area contributed by atoms with E-state index in [1.807, 2.05) is 12.1 Å². The summed E-state index contributed by atoms with van der Waals surface area (Å²) in [6.45, 7) is 6.54. The normalized spacial score (nSPS) is 10.7. The van der Waals surface area contributed by atoms with Crippen molar-refractivity contribution in [1.29, 1.82) is 0 Å². The van der Waals surface area contributed by atoms with Crippen LogP contribution in [0.1, 0.15) is 46.9 Å². The molecule has 0 saturated carbocycles. The Hall–Kier alpha value is -2.36. The zero-order chi connectivity index (χ0) is 15.4. The predicted molar refractivity (Wildman–Crippen MR) is 80.8 cm³/mol. The van der Waals surface area contributed by atoms with Gasteiger partial charge in [-0.2, -0.15) is 0 Å². The Labute approximate surface area is 124 Å². The molecule has 2 aromatic rings. The molecule has 0 bridgehead atoms. The van der Waals surface area contributed by atoms with Crippen LogP contribution in [0.25, 0.3) is 0 Å². The molecule has 1 N–H and O–H groups in total. The van der Waals surface area contributed by atoms with E-state index >= 15 is 0 Å². The van der Waals surface area contributed by atoms with E-state index in [4.69, 9.17) is 9.84 Å². The zero-order valence-corrected chi connectivity index (χ0v) is 12.5. The van der Waals surface area contributed by atoms with Crippen LogP contribution in [0.15, 0.2) is 36.5 Å². The largest absolute Gasteiger partial charge is 0.489 e. The molecule has 1 aromatic carbocycles. The third kappa shape index (κ3) is 3.60. The summed E-state index contributed by atoms with van der Waals surface area (Å²) >= 11 is 0. The number of nitrogens with zero attached hydrogens (tertiary/aromatic N) is 1. The second-order valence-corrected chi connectivity index (χ2v) is 5.28. The van der Waals surface area contributed by atoms with E-state index in [9.17, 15) is 4.79 Å². The molecule has 1 heterocycles. The van der Waals surface area contributed by atoms with Crippen molar-refractivity contribution in [3.8, 4) is 5.75 Å². The van der Waals surface area contributed by atoms with Crippen LogP contribution >= 0.6 is 0 Å². The van der Waals surface area contributed by atoms with Crippen molar-refractivity contribution in [3.63, 3.8) is 0 Å². The fraction of sp³-hybridized carbons (Fsp3) is 0.294. The number of aryl methyl sites for hydroxylation is 1. The molecule has 0 spiro atoms. The van der Waals surface area contributed by atoms with Gasteiger partial charge in [-0.1, -0.05) is 26.0 Å². The first-order valence-electron chi connectivity index (χ1n) is 6.89. The minimum absolute atomic E-state index is 0.0352. The number of carbonyl (C=O) groups is 1. The number of carboxylic acid groups (broad SMARTS) is 1. The molecule has 0 amide bonds. The average molecular weight is 285 g/mol. The third-order valence-electron chi connectivity index (χ3n) is 3.35. The highest BCUT2D eigenvalue weighted by Crippen LogP contribution is 2.24. The summed E-state index contributed by atoms with van der Waals surface area (Å²) in [5, 5.41) is 9.09. The fourth-order valence-electron chi connectivity index (χ4n) is 2.29. The Morgan fingerprint density at radius 2 is 2.10 bits per heavy atom. The molecule has 0 aliphatic rings. The molecule has 21 heavy (non-hydrogen) atoms. The minimum Gasteiger partial charge on any atom is -0.489 e. The van der Waals surface area contributed by atoms with E-state index in [0.29, 0.717) is 11.5 Å². The number of hydrogen-bond donors (Lipinski definition) is 1. The van der Waals surface area contributed by atoms with Crippen LogP contribution in [0.2, 0.25) is 0 Å². The summed E-state index contributed by atoms with van der Waals surface area (Å²) in [5.74, 6) is 0.161. The van der Waals surface area contributed by atoms with Crippen molar-refractivity contribution in [2.45, 2.75) is 33.3 Å². The second-order valence-electron chi connectivity index (χ2n) is 5.28. The van der Waals surface area contributed by atoms with E-state index in [2.05, 4.69) is 31.8 Å². The molecule has 0 fully saturated rings. The van der Waals surface area contributed by atoms with Crippen LogP contribution in [0.4, 0.5) is 0 Å². The van der Waals surface area contributed by atoms with Crippen LogP contribution in [0.3, 0.4) is 0 Å². The molecule has 0 atom stereocenters. The van der Waals surface area contributed by atoms with Gasteiger partial charge in [0.05, 0.1) is 0 Å². The van der Waals surface area contributed by atoms with Crippen LogP contribution in [-0.4, -0.2) is 16.1 Å². The maximum Gasteiger partial charge on any atom is 0.354 e. The van der Waals surface area contributed by atoms with Crippen molar-refractivity contribution < 1.29 is 14.6 Å².